The second kappa shape index (κ2) is 3.54. The number of rotatable bonds is 1. The molecule has 0 aliphatic carbocycles. The number of aryl methyl sites for hydroxylation is 1. The van der Waals surface area contributed by atoms with Crippen molar-refractivity contribution >= 4 is 22.6 Å². The van der Waals surface area contributed by atoms with Gasteiger partial charge < -0.3 is 4.57 Å². The van der Waals surface area contributed by atoms with Gasteiger partial charge in [0.15, 0.2) is 0 Å². The molecule has 0 unspecified atom stereocenters. The maximum absolute atomic E-state index is 2.33. The summed E-state index contributed by atoms with van der Waals surface area (Å²) < 4.78 is 3.41. The van der Waals surface area contributed by atoms with Crippen LogP contribution in [-0.2, 0) is 0 Å². The maximum Gasteiger partial charge on any atom is 0.0489 e. The summed E-state index contributed by atoms with van der Waals surface area (Å²) >= 11 is 2.33. The molecule has 2 rings (SSSR count). The van der Waals surface area contributed by atoms with Crippen molar-refractivity contribution in [1.82, 2.24) is 4.57 Å². The fraction of sp³-hybridized carbons (Fsp3) is 0.0909. The molecule has 0 aliphatic heterocycles. The molecule has 0 aliphatic rings. The van der Waals surface area contributed by atoms with Gasteiger partial charge in [-0.05, 0) is 59.3 Å². The Hall–Kier alpha value is -0.770. The minimum atomic E-state index is 1.26. The van der Waals surface area contributed by atoms with E-state index < -0.39 is 0 Å². The molecule has 1 aromatic heterocycles. The van der Waals surface area contributed by atoms with Gasteiger partial charge >= 0.3 is 0 Å². The van der Waals surface area contributed by atoms with E-state index in [0.717, 1.165) is 0 Å². The molecule has 0 amide bonds. The molecular weight excluding hydrogens is 273 g/mol. The highest BCUT2D eigenvalue weighted by atomic mass is 127. The van der Waals surface area contributed by atoms with Crippen LogP contribution in [0.4, 0.5) is 0 Å². The van der Waals surface area contributed by atoms with Crippen molar-refractivity contribution in [2.24, 2.45) is 0 Å². The minimum absolute atomic E-state index is 1.26. The zero-order chi connectivity index (χ0) is 9.26. The number of nitrogens with zero attached hydrogens (tertiary/aromatic N) is 1. The number of halogens is 1. The summed E-state index contributed by atoms with van der Waals surface area (Å²) in [6.07, 6.45) is 4.14. The van der Waals surface area contributed by atoms with Crippen LogP contribution in [0, 0.1) is 10.5 Å². The number of hydrogen-bond acceptors (Lipinski definition) is 0. The van der Waals surface area contributed by atoms with E-state index in [-0.39, 0.29) is 0 Å². The summed E-state index contributed by atoms with van der Waals surface area (Å²) in [6, 6.07) is 10.6. The Balaban J connectivity index is 2.57. The standard InChI is InChI=1S/C11H10IN/c1-9-4-5-10(12)8-11(9)13-6-2-3-7-13/h2-8H,1H3. The van der Waals surface area contributed by atoms with Crippen LogP contribution < -0.4 is 0 Å². The van der Waals surface area contributed by atoms with Crippen molar-refractivity contribution < 1.29 is 0 Å². The Morgan fingerprint density at radius 3 is 2.54 bits per heavy atom. The molecule has 1 aromatic carbocycles. The first kappa shape index (κ1) is 8.81. The van der Waals surface area contributed by atoms with Crippen LogP contribution in [0.15, 0.2) is 42.7 Å². The normalized spacial score (nSPS) is 10.3. The summed E-state index contributed by atoms with van der Waals surface area (Å²) in [5, 5.41) is 0. The molecule has 1 heterocycles. The third-order valence-corrected chi connectivity index (χ3v) is 2.72. The highest BCUT2D eigenvalue weighted by molar-refractivity contribution is 14.1. The minimum Gasteiger partial charge on any atom is -0.324 e. The molecule has 0 spiro atoms. The largest absolute Gasteiger partial charge is 0.324 e. The number of hydrogen-bond donors (Lipinski definition) is 0. The smallest absolute Gasteiger partial charge is 0.0489 e. The van der Waals surface area contributed by atoms with Crippen molar-refractivity contribution in [2.75, 3.05) is 0 Å². The lowest BCUT2D eigenvalue weighted by Gasteiger charge is -2.07. The van der Waals surface area contributed by atoms with E-state index in [1.165, 1.54) is 14.8 Å². The third kappa shape index (κ3) is 1.77. The van der Waals surface area contributed by atoms with Gasteiger partial charge in [0.05, 0.1) is 0 Å². The van der Waals surface area contributed by atoms with Gasteiger partial charge in [0.1, 0.15) is 0 Å². The molecule has 0 saturated heterocycles. The molecule has 0 bridgehead atoms. The van der Waals surface area contributed by atoms with Gasteiger partial charge in [0.25, 0.3) is 0 Å². The average Bonchev–Trinajstić information content (AvgIpc) is 2.61. The SMILES string of the molecule is Cc1ccc(I)cc1-n1cccc1. The van der Waals surface area contributed by atoms with E-state index in [1.807, 2.05) is 12.1 Å². The fourth-order valence-electron chi connectivity index (χ4n) is 1.36. The zero-order valence-electron chi connectivity index (χ0n) is 7.37. The summed E-state index contributed by atoms with van der Waals surface area (Å²) in [6.45, 7) is 2.13. The van der Waals surface area contributed by atoms with E-state index >= 15 is 0 Å². The molecule has 1 nitrogen and oxygen atoms in total. The first-order valence-corrected chi connectivity index (χ1v) is 5.25. The predicted molar refractivity (Wildman–Crippen MR) is 63.2 cm³/mol. The van der Waals surface area contributed by atoms with Crippen LogP contribution in [0.2, 0.25) is 0 Å². The van der Waals surface area contributed by atoms with Crippen molar-refractivity contribution in [3.8, 4) is 5.69 Å². The second-order valence-corrected chi connectivity index (χ2v) is 4.27. The van der Waals surface area contributed by atoms with E-state index in [4.69, 9.17) is 0 Å². The molecule has 0 saturated carbocycles. The lowest BCUT2D eigenvalue weighted by Crippen LogP contribution is -1.93. The highest BCUT2D eigenvalue weighted by Gasteiger charge is 1.99. The Labute approximate surface area is 91.5 Å². The van der Waals surface area contributed by atoms with Gasteiger partial charge in [-0.15, -0.1) is 0 Å². The first-order valence-electron chi connectivity index (χ1n) is 4.17. The second-order valence-electron chi connectivity index (χ2n) is 3.02. The molecule has 13 heavy (non-hydrogen) atoms. The highest BCUT2D eigenvalue weighted by Crippen LogP contribution is 2.17. The Bertz CT molecular complexity index is 404. The van der Waals surface area contributed by atoms with Crippen molar-refractivity contribution in [3.05, 3.63) is 51.9 Å². The van der Waals surface area contributed by atoms with E-state index in [1.54, 1.807) is 0 Å². The van der Waals surface area contributed by atoms with Crippen LogP contribution in [0.5, 0.6) is 0 Å². The zero-order valence-corrected chi connectivity index (χ0v) is 9.52. The van der Waals surface area contributed by atoms with Gasteiger partial charge in [-0.25, -0.2) is 0 Å². The van der Waals surface area contributed by atoms with Crippen LogP contribution in [0.1, 0.15) is 5.56 Å². The number of aromatic nitrogens is 1. The van der Waals surface area contributed by atoms with Crippen LogP contribution in [-0.4, -0.2) is 4.57 Å². The average molecular weight is 283 g/mol. The Morgan fingerprint density at radius 1 is 1.15 bits per heavy atom. The lowest BCUT2D eigenvalue weighted by atomic mass is 10.2. The van der Waals surface area contributed by atoms with Crippen molar-refractivity contribution in [3.63, 3.8) is 0 Å². The molecule has 66 valence electrons. The van der Waals surface area contributed by atoms with Crippen LogP contribution >= 0.6 is 22.6 Å². The Kier molecular flexibility index (Phi) is 2.40. The molecular formula is C11H10IN. The summed E-state index contributed by atoms with van der Waals surface area (Å²) in [7, 11) is 0. The molecule has 0 atom stereocenters. The Morgan fingerprint density at radius 2 is 1.85 bits per heavy atom. The monoisotopic (exact) mass is 283 g/mol. The van der Waals surface area contributed by atoms with Gasteiger partial charge in [0, 0.05) is 21.7 Å². The van der Waals surface area contributed by atoms with Gasteiger partial charge in [-0.1, -0.05) is 6.07 Å². The first-order chi connectivity index (χ1) is 6.27. The molecule has 2 heteroatoms. The fourth-order valence-corrected chi connectivity index (χ4v) is 1.83. The van der Waals surface area contributed by atoms with Gasteiger partial charge in [0.2, 0.25) is 0 Å². The molecule has 0 N–H and O–H groups in total. The number of benzene rings is 1. The predicted octanol–water partition coefficient (Wildman–Crippen LogP) is 3.39. The van der Waals surface area contributed by atoms with Crippen LogP contribution in [0.3, 0.4) is 0 Å². The van der Waals surface area contributed by atoms with E-state index in [0.29, 0.717) is 0 Å². The third-order valence-electron chi connectivity index (χ3n) is 2.05. The summed E-state index contributed by atoms with van der Waals surface area (Å²) in [5.41, 5.74) is 2.56. The quantitative estimate of drug-likeness (QED) is 0.707. The van der Waals surface area contributed by atoms with E-state index in [2.05, 4.69) is 64.7 Å². The summed E-state index contributed by atoms with van der Waals surface area (Å²) in [5.74, 6) is 0. The van der Waals surface area contributed by atoms with Gasteiger partial charge in [-0.3, -0.25) is 0 Å². The maximum atomic E-state index is 2.33. The lowest BCUT2D eigenvalue weighted by molar-refractivity contribution is 1.06. The molecule has 0 radical (unpaired) electrons. The van der Waals surface area contributed by atoms with Crippen molar-refractivity contribution in [1.29, 1.82) is 0 Å². The van der Waals surface area contributed by atoms with E-state index in [9.17, 15) is 0 Å². The van der Waals surface area contributed by atoms with Gasteiger partial charge in [-0.2, -0.15) is 0 Å². The molecule has 0 fully saturated rings. The summed E-state index contributed by atoms with van der Waals surface area (Å²) in [4.78, 5) is 0. The van der Waals surface area contributed by atoms with Crippen LogP contribution in [0.25, 0.3) is 5.69 Å². The van der Waals surface area contributed by atoms with Crippen molar-refractivity contribution in [2.45, 2.75) is 6.92 Å². The topological polar surface area (TPSA) is 4.93 Å². The molecule has 2 aromatic rings.